The molecule has 0 N–H and O–H groups in total. The molecule has 15 heavy (non-hydrogen) atoms. The molecule has 2 fully saturated rings. The summed E-state index contributed by atoms with van der Waals surface area (Å²) in [6.07, 6.45) is 5.43. The highest BCUT2D eigenvalue weighted by Gasteiger charge is 2.36. The lowest BCUT2D eigenvalue weighted by molar-refractivity contribution is -0.0478. The Kier molecular flexibility index (Phi) is 5.62. The average molecular weight is 213 g/mol. The van der Waals surface area contributed by atoms with Crippen LogP contribution in [0.25, 0.3) is 0 Å². The number of hydrogen-bond donors (Lipinski definition) is 0. The van der Waals surface area contributed by atoms with Crippen LogP contribution >= 0.6 is 0 Å². The highest BCUT2D eigenvalue weighted by molar-refractivity contribution is 4.88. The molecule has 2 saturated heterocycles. The fourth-order valence-electron chi connectivity index (χ4n) is 2.81. The molecule has 0 aromatic heterocycles. The highest BCUT2D eigenvalue weighted by Crippen LogP contribution is 2.37. The van der Waals surface area contributed by atoms with Crippen molar-refractivity contribution in [2.45, 2.75) is 46.5 Å². The van der Waals surface area contributed by atoms with Crippen LogP contribution in [0.4, 0.5) is 0 Å². The molecule has 2 aliphatic rings. The summed E-state index contributed by atoms with van der Waals surface area (Å²) in [5, 5.41) is 0. The van der Waals surface area contributed by atoms with E-state index in [1.54, 1.807) is 0 Å². The maximum Gasteiger partial charge on any atom is 0.0534 e. The third-order valence-corrected chi connectivity index (χ3v) is 3.59. The van der Waals surface area contributed by atoms with Crippen molar-refractivity contribution in [3.63, 3.8) is 0 Å². The Morgan fingerprint density at radius 1 is 1.20 bits per heavy atom. The Labute approximate surface area is 95.0 Å². The number of nitrogens with zero attached hydrogens (tertiary/aromatic N) is 1. The molecule has 0 aliphatic carbocycles. The maximum atomic E-state index is 5.63. The summed E-state index contributed by atoms with van der Waals surface area (Å²) in [6.45, 7) is 12.1. The van der Waals surface area contributed by atoms with Gasteiger partial charge in [-0.2, -0.15) is 0 Å². The molecule has 1 spiro atoms. The predicted octanol–water partition coefficient (Wildman–Crippen LogP) is 2.93. The quantitative estimate of drug-likeness (QED) is 0.664. The van der Waals surface area contributed by atoms with Gasteiger partial charge in [0.15, 0.2) is 0 Å². The Balaban J connectivity index is 0.000000531. The van der Waals surface area contributed by atoms with Gasteiger partial charge >= 0.3 is 0 Å². The van der Waals surface area contributed by atoms with E-state index in [1.807, 2.05) is 13.8 Å². The molecule has 2 heterocycles. The van der Waals surface area contributed by atoms with Crippen LogP contribution in [0.1, 0.15) is 46.5 Å². The monoisotopic (exact) mass is 213 g/mol. The molecule has 0 aromatic rings. The minimum atomic E-state index is 0.534. The van der Waals surface area contributed by atoms with Crippen LogP contribution in [0.5, 0.6) is 0 Å². The second-order valence-corrected chi connectivity index (χ2v) is 4.63. The number of ether oxygens (including phenoxy) is 1. The van der Waals surface area contributed by atoms with Gasteiger partial charge in [-0.25, -0.2) is 0 Å². The van der Waals surface area contributed by atoms with Crippen LogP contribution in [-0.2, 0) is 4.74 Å². The van der Waals surface area contributed by atoms with E-state index in [0.29, 0.717) is 5.41 Å². The van der Waals surface area contributed by atoms with E-state index >= 15 is 0 Å². The first-order valence-electron chi connectivity index (χ1n) is 6.65. The summed E-state index contributed by atoms with van der Waals surface area (Å²) in [4.78, 5) is 2.58. The number of rotatable bonds is 1. The number of piperidine rings is 1. The first-order chi connectivity index (χ1) is 7.35. The van der Waals surface area contributed by atoms with E-state index in [2.05, 4.69) is 11.8 Å². The van der Waals surface area contributed by atoms with Crippen LogP contribution < -0.4 is 0 Å². The second-order valence-electron chi connectivity index (χ2n) is 4.63. The van der Waals surface area contributed by atoms with Crippen molar-refractivity contribution in [1.29, 1.82) is 0 Å². The first kappa shape index (κ1) is 13.0. The molecular formula is C13H27NO. The van der Waals surface area contributed by atoms with Crippen molar-refractivity contribution in [2.75, 3.05) is 32.8 Å². The number of hydrogen-bond acceptors (Lipinski definition) is 2. The van der Waals surface area contributed by atoms with E-state index in [1.165, 1.54) is 45.3 Å². The fourth-order valence-corrected chi connectivity index (χ4v) is 2.81. The summed E-state index contributed by atoms with van der Waals surface area (Å²) in [7, 11) is 0. The van der Waals surface area contributed by atoms with Crippen molar-refractivity contribution in [2.24, 2.45) is 5.41 Å². The van der Waals surface area contributed by atoms with Crippen LogP contribution in [0, 0.1) is 5.41 Å². The van der Waals surface area contributed by atoms with Gasteiger partial charge in [0.2, 0.25) is 0 Å². The van der Waals surface area contributed by atoms with Gasteiger partial charge in [0, 0.05) is 18.6 Å². The Hall–Kier alpha value is -0.0800. The zero-order chi connectivity index (χ0) is 11.1. The van der Waals surface area contributed by atoms with Crippen molar-refractivity contribution >= 4 is 0 Å². The van der Waals surface area contributed by atoms with E-state index in [0.717, 1.165) is 13.2 Å². The third kappa shape index (κ3) is 3.46. The van der Waals surface area contributed by atoms with Gasteiger partial charge < -0.3 is 9.64 Å². The Bertz CT molecular complexity index is 158. The minimum Gasteiger partial charge on any atom is -0.381 e. The molecule has 2 rings (SSSR count). The topological polar surface area (TPSA) is 12.5 Å². The lowest BCUT2D eigenvalue weighted by atomic mass is 9.76. The summed E-state index contributed by atoms with van der Waals surface area (Å²) < 4.78 is 5.63. The smallest absolute Gasteiger partial charge is 0.0534 e. The molecule has 0 saturated carbocycles. The molecule has 90 valence electrons. The van der Waals surface area contributed by atoms with E-state index < -0.39 is 0 Å². The lowest BCUT2D eigenvalue weighted by Crippen LogP contribution is -2.47. The van der Waals surface area contributed by atoms with Gasteiger partial charge in [-0.15, -0.1) is 0 Å². The molecule has 2 aliphatic heterocycles. The van der Waals surface area contributed by atoms with Crippen LogP contribution in [0.15, 0.2) is 0 Å². The molecule has 1 unspecified atom stereocenters. The minimum absolute atomic E-state index is 0.534. The summed E-state index contributed by atoms with van der Waals surface area (Å²) in [6, 6.07) is 0. The molecule has 0 aromatic carbocycles. The van der Waals surface area contributed by atoms with Gasteiger partial charge in [0.25, 0.3) is 0 Å². The molecule has 2 heteroatoms. The third-order valence-electron chi connectivity index (χ3n) is 3.59. The predicted molar refractivity (Wildman–Crippen MR) is 65.2 cm³/mol. The van der Waals surface area contributed by atoms with Crippen molar-refractivity contribution < 1.29 is 4.74 Å². The summed E-state index contributed by atoms with van der Waals surface area (Å²) >= 11 is 0. The second kappa shape index (κ2) is 6.49. The Morgan fingerprint density at radius 2 is 1.93 bits per heavy atom. The molecule has 1 atom stereocenters. The SMILES string of the molecule is CC.CCN1CCCC2(CCCOC2)C1. The first-order valence-corrected chi connectivity index (χ1v) is 6.65. The van der Waals surface area contributed by atoms with E-state index in [4.69, 9.17) is 4.74 Å². The fraction of sp³-hybridized carbons (Fsp3) is 1.00. The standard InChI is InChI=1S/C11H21NO.C2H6/c1-2-12-7-3-5-11(9-12)6-4-8-13-10-11;1-2/h2-10H2,1H3;1-2H3. The van der Waals surface area contributed by atoms with Crippen molar-refractivity contribution in [3.05, 3.63) is 0 Å². The zero-order valence-corrected chi connectivity index (χ0v) is 10.7. The molecule has 0 radical (unpaired) electrons. The van der Waals surface area contributed by atoms with Gasteiger partial charge in [0.05, 0.1) is 6.61 Å². The maximum absolute atomic E-state index is 5.63. The Morgan fingerprint density at radius 3 is 2.53 bits per heavy atom. The van der Waals surface area contributed by atoms with Crippen molar-refractivity contribution in [3.8, 4) is 0 Å². The van der Waals surface area contributed by atoms with Crippen LogP contribution in [0.2, 0.25) is 0 Å². The lowest BCUT2D eigenvalue weighted by Gasteiger charge is -2.44. The highest BCUT2D eigenvalue weighted by atomic mass is 16.5. The summed E-state index contributed by atoms with van der Waals surface area (Å²) in [5.74, 6) is 0. The van der Waals surface area contributed by atoms with Crippen LogP contribution in [0.3, 0.4) is 0 Å². The van der Waals surface area contributed by atoms with Crippen molar-refractivity contribution in [1.82, 2.24) is 4.90 Å². The van der Waals surface area contributed by atoms with E-state index in [9.17, 15) is 0 Å². The average Bonchev–Trinajstić information content (AvgIpc) is 2.33. The molecule has 0 amide bonds. The van der Waals surface area contributed by atoms with Gasteiger partial charge in [-0.1, -0.05) is 20.8 Å². The number of likely N-dealkylation sites (tertiary alicyclic amines) is 1. The van der Waals surface area contributed by atoms with Gasteiger partial charge in [0.1, 0.15) is 0 Å². The molecular weight excluding hydrogens is 186 g/mol. The molecule has 0 bridgehead atoms. The molecule has 2 nitrogen and oxygen atoms in total. The largest absolute Gasteiger partial charge is 0.381 e. The van der Waals surface area contributed by atoms with Gasteiger partial charge in [-0.05, 0) is 38.8 Å². The normalized spacial score (nSPS) is 32.2. The van der Waals surface area contributed by atoms with Crippen LogP contribution in [-0.4, -0.2) is 37.7 Å². The van der Waals surface area contributed by atoms with Gasteiger partial charge in [-0.3, -0.25) is 0 Å². The zero-order valence-electron chi connectivity index (χ0n) is 10.7. The van der Waals surface area contributed by atoms with E-state index in [-0.39, 0.29) is 0 Å². The summed E-state index contributed by atoms with van der Waals surface area (Å²) in [5.41, 5.74) is 0.534.